The molecule has 1 atom stereocenters. The Labute approximate surface area is 148 Å². The SMILES string of the molecule is CC(C)CC(CO)NC(=O)C(=O)Nc1ccc(-c2ccccc2)cc1. The Kier molecular flexibility index (Phi) is 6.71. The van der Waals surface area contributed by atoms with E-state index < -0.39 is 17.9 Å². The zero-order valence-corrected chi connectivity index (χ0v) is 14.5. The van der Waals surface area contributed by atoms with Crippen molar-refractivity contribution in [3.05, 3.63) is 54.6 Å². The third-order valence-electron chi connectivity index (χ3n) is 3.77. The number of anilines is 1. The van der Waals surface area contributed by atoms with E-state index in [1.165, 1.54) is 0 Å². The summed E-state index contributed by atoms with van der Waals surface area (Å²) in [7, 11) is 0. The van der Waals surface area contributed by atoms with Gasteiger partial charge in [0.05, 0.1) is 12.6 Å². The molecule has 0 aliphatic rings. The van der Waals surface area contributed by atoms with E-state index in [0.717, 1.165) is 11.1 Å². The van der Waals surface area contributed by atoms with Crippen LogP contribution in [0.4, 0.5) is 5.69 Å². The number of carbonyl (C=O) groups is 2. The Morgan fingerprint density at radius 1 is 0.920 bits per heavy atom. The number of nitrogens with one attached hydrogen (secondary N) is 2. The molecule has 0 saturated carbocycles. The quantitative estimate of drug-likeness (QED) is 0.708. The molecule has 2 aromatic rings. The van der Waals surface area contributed by atoms with Crippen LogP contribution >= 0.6 is 0 Å². The summed E-state index contributed by atoms with van der Waals surface area (Å²) in [5.41, 5.74) is 2.65. The maximum absolute atomic E-state index is 12.0. The minimum Gasteiger partial charge on any atom is -0.394 e. The Balaban J connectivity index is 1.94. The number of amides is 2. The molecule has 0 saturated heterocycles. The van der Waals surface area contributed by atoms with Crippen LogP contribution in [0.1, 0.15) is 20.3 Å². The third kappa shape index (κ3) is 5.72. The highest BCUT2D eigenvalue weighted by atomic mass is 16.3. The van der Waals surface area contributed by atoms with E-state index in [0.29, 0.717) is 18.0 Å². The van der Waals surface area contributed by atoms with Crippen LogP contribution in [0.5, 0.6) is 0 Å². The van der Waals surface area contributed by atoms with Gasteiger partial charge in [0.25, 0.3) is 0 Å². The van der Waals surface area contributed by atoms with Crippen molar-refractivity contribution in [2.75, 3.05) is 11.9 Å². The van der Waals surface area contributed by atoms with Crippen LogP contribution in [0, 0.1) is 5.92 Å². The Morgan fingerprint density at radius 2 is 1.52 bits per heavy atom. The molecule has 0 aliphatic carbocycles. The van der Waals surface area contributed by atoms with E-state index in [4.69, 9.17) is 0 Å². The molecule has 1 unspecified atom stereocenters. The first-order chi connectivity index (χ1) is 12.0. The van der Waals surface area contributed by atoms with Gasteiger partial charge in [0, 0.05) is 5.69 Å². The predicted octanol–water partition coefficient (Wildman–Crippen LogP) is 2.82. The molecule has 0 heterocycles. The highest BCUT2D eigenvalue weighted by Crippen LogP contribution is 2.20. The number of aliphatic hydroxyl groups is 1. The van der Waals surface area contributed by atoms with E-state index in [1.807, 2.05) is 56.3 Å². The zero-order chi connectivity index (χ0) is 18.2. The number of hydrogen-bond acceptors (Lipinski definition) is 3. The fraction of sp³-hybridized carbons (Fsp3) is 0.300. The average molecular weight is 340 g/mol. The summed E-state index contributed by atoms with van der Waals surface area (Å²) < 4.78 is 0. The second-order valence-electron chi connectivity index (χ2n) is 6.38. The lowest BCUT2D eigenvalue weighted by atomic mass is 10.0. The van der Waals surface area contributed by atoms with Gasteiger partial charge in [-0.25, -0.2) is 0 Å². The minimum absolute atomic E-state index is 0.191. The molecular formula is C20H24N2O3. The molecule has 5 nitrogen and oxygen atoms in total. The van der Waals surface area contributed by atoms with E-state index >= 15 is 0 Å². The fourth-order valence-corrected chi connectivity index (χ4v) is 2.56. The number of carbonyl (C=O) groups excluding carboxylic acids is 2. The van der Waals surface area contributed by atoms with Crippen molar-refractivity contribution >= 4 is 17.5 Å². The van der Waals surface area contributed by atoms with Crippen LogP contribution in [-0.4, -0.2) is 29.6 Å². The molecule has 2 amide bonds. The van der Waals surface area contributed by atoms with Crippen molar-refractivity contribution in [1.29, 1.82) is 0 Å². The van der Waals surface area contributed by atoms with Crippen LogP contribution < -0.4 is 10.6 Å². The largest absolute Gasteiger partial charge is 0.394 e. The van der Waals surface area contributed by atoms with Gasteiger partial charge in [-0.3, -0.25) is 9.59 Å². The number of rotatable bonds is 6. The molecule has 25 heavy (non-hydrogen) atoms. The normalized spacial score (nSPS) is 11.8. The molecule has 3 N–H and O–H groups in total. The van der Waals surface area contributed by atoms with Gasteiger partial charge in [-0.1, -0.05) is 56.3 Å². The summed E-state index contributed by atoms with van der Waals surface area (Å²) in [6, 6.07) is 16.8. The van der Waals surface area contributed by atoms with Crippen LogP contribution in [0.25, 0.3) is 11.1 Å². The van der Waals surface area contributed by atoms with Crippen molar-refractivity contribution in [3.8, 4) is 11.1 Å². The molecule has 5 heteroatoms. The molecular weight excluding hydrogens is 316 g/mol. The molecule has 0 spiro atoms. The lowest BCUT2D eigenvalue weighted by Crippen LogP contribution is -2.44. The van der Waals surface area contributed by atoms with Crippen molar-refractivity contribution < 1.29 is 14.7 Å². The van der Waals surface area contributed by atoms with Gasteiger partial charge in [-0.2, -0.15) is 0 Å². The van der Waals surface area contributed by atoms with Crippen molar-refractivity contribution in [2.45, 2.75) is 26.3 Å². The summed E-state index contributed by atoms with van der Waals surface area (Å²) in [6.45, 7) is 3.79. The molecule has 2 aromatic carbocycles. The van der Waals surface area contributed by atoms with Crippen molar-refractivity contribution in [1.82, 2.24) is 5.32 Å². The van der Waals surface area contributed by atoms with Gasteiger partial charge < -0.3 is 15.7 Å². The van der Waals surface area contributed by atoms with Crippen LogP contribution in [-0.2, 0) is 9.59 Å². The summed E-state index contributed by atoms with van der Waals surface area (Å²) in [5, 5.41) is 14.4. The van der Waals surface area contributed by atoms with Gasteiger partial charge in [0.15, 0.2) is 0 Å². The van der Waals surface area contributed by atoms with E-state index in [2.05, 4.69) is 10.6 Å². The standard InChI is InChI=1S/C20H24N2O3/c1-14(2)12-18(13-23)22-20(25)19(24)21-17-10-8-16(9-11-17)15-6-4-3-5-7-15/h3-11,14,18,23H,12-13H2,1-2H3,(H,21,24)(H,22,25). The van der Waals surface area contributed by atoms with Crippen LogP contribution in [0.2, 0.25) is 0 Å². The molecule has 132 valence electrons. The first-order valence-electron chi connectivity index (χ1n) is 8.37. The van der Waals surface area contributed by atoms with Gasteiger partial charge in [-0.05, 0) is 35.6 Å². The Hall–Kier alpha value is -2.66. The van der Waals surface area contributed by atoms with E-state index in [-0.39, 0.29) is 6.61 Å². The smallest absolute Gasteiger partial charge is 0.313 e. The first kappa shape index (κ1) is 18.7. The summed E-state index contributed by atoms with van der Waals surface area (Å²) in [6.07, 6.45) is 0.612. The summed E-state index contributed by atoms with van der Waals surface area (Å²) in [4.78, 5) is 24.0. The summed E-state index contributed by atoms with van der Waals surface area (Å²) >= 11 is 0. The maximum atomic E-state index is 12.0. The molecule has 0 bridgehead atoms. The minimum atomic E-state index is -0.744. The Bertz CT molecular complexity index is 697. The lowest BCUT2D eigenvalue weighted by Gasteiger charge is -2.17. The first-order valence-corrected chi connectivity index (χ1v) is 8.37. The third-order valence-corrected chi connectivity index (χ3v) is 3.77. The maximum Gasteiger partial charge on any atom is 0.313 e. The van der Waals surface area contributed by atoms with Gasteiger partial charge >= 0.3 is 11.8 Å². The monoisotopic (exact) mass is 340 g/mol. The Morgan fingerprint density at radius 3 is 2.08 bits per heavy atom. The van der Waals surface area contributed by atoms with Crippen molar-refractivity contribution in [2.24, 2.45) is 5.92 Å². The molecule has 0 fully saturated rings. The number of aliphatic hydroxyl groups excluding tert-OH is 1. The molecule has 0 radical (unpaired) electrons. The number of benzene rings is 2. The predicted molar refractivity (Wildman–Crippen MR) is 99.0 cm³/mol. The van der Waals surface area contributed by atoms with Crippen molar-refractivity contribution in [3.63, 3.8) is 0 Å². The van der Waals surface area contributed by atoms with Gasteiger partial charge in [0.2, 0.25) is 0 Å². The number of hydrogen-bond donors (Lipinski definition) is 3. The molecule has 0 aromatic heterocycles. The van der Waals surface area contributed by atoms with Crippen LogP contribution in [0.15, 0.2) is 54.6 Å². The molecule has 2 rings (SSSR count). The average Bonchev–Trinajstić information content (AvgIpc) is 2.62. The fourth-order valence-electron chi connectivity index (χ4n) is 2.56. The molecule has 0 aliphatic heterocycles. The lowest BCUT2D eigenvalue weighted by molar-refractivity contribution is -0.136. The van der Waals surface area contributed by atoms with E-state index in [1.54, 1.807) is 12.1 Å². The van der Waals surface area contributed by atoms with E-state index in [9.17, 15) is 14.7 Å². The summed E-state index contributed by atoms with van der Waals surface area (Å²) in [5.74, 6) is -1.17. The highest BCUT2D eigenvalue weighted by molar-refractivity contribution is 6.39. The van der Waals surface area contributed by atoms with Gasteiger partial charge in [0.1, 0.15) is 0 Å². The highest BCUT2D eigenvalue weighted by Gasteiger charge is 2.19. The topological polar surface area (TPSA) is 78.4 Å². The second kappa shape index (κ2) is 8.99. The van der Waals surface area contributed by atoms with Gasteiger partial charge in [-0.15, -0.1) is 0 Å². The second-order valence-corrected chi connectivity index (χ2v) is 6.38. The van der Waals surface area contributed by atoms with Crippen LogP contribution in [0.3, 0.4) is 0 Å². The zero-order valence-electron chi connectivity index (χ0n) is 14.5.